The predicted molar refractivity (Wildman–Crippen MR) is 118 cm³/mol. The van der Waals surface area contributed by atoms with Crippen LogP contribution in [0.25, 0.3) is 0 Å². The highest BCUT2D eigenvalue weighted by Gasteiger charge is 2.30. The number of nitrogens with zero attached hydrogens (tertiary/aromatic N) is 3. The van der Waals surface area contributed by atoms with Crippen molar-refractivity contribution in [2.75, 3.05) is 12.4 Å². The van der Waals surface area contributed by atoms with Gasteiger partial charge in [-0.25, -0.2) is 0 Å². The number of hydrogen-bond donors (Lipinski definition) is 1. The highest BCUT2D eigenvalue weighted by atomic mass is 32.2. The summed E-state index contributed by atoms with van der Waals surface area (Å²) in [5.74, 6) is 1.36. The van der Waals surface area contributed by atoms with Crippen LogP contribution >= 0.6 is 11.8 Å². The molecule has 2 atom stereocenters. The summed E-state index contributed by atoms with van der Waals surface area (Å²) in [5, 5.41) is 10.6. The molecule has 176 valence electrons. The maximum Gasteiger partial charge on any atom is 0.416 e. The summed E-state index contributed by atoms with van der Waals surface area (Å²) in [7, 11) is 3.32. The van der Waals surface area contributed by atoms with E-state index in [0.717, 1.165) is 23.9 Å². The number of rotatable bonds is 8. The molecule has 0 fully saturated rings. The summed E-state index contributed by atoms with van der Waals surface area (Å²) >= 11 is 1.14. The van der Waals surface area contributed by atoms with E-state index in [-0.39, 0.29) is 5.69 Å². The van der Waals surface area contributed by atoms with Gasteiger partial charge < -0.3 is 19.4 Å². The third-order valence-corrected chi connectivity index (χ3v) is 5.83. The van der Waals surface area contributed by atoms with Crippen molar-refractivity contribution in [3.8, 4) is 11.5 Å². The first kappa shape index (κ1) is 24.4. The zero-order valence-corrected chi connectivity index (χ0v) is 19.2. The second kappa shape index (κ2) is 10.2. The van der Waals surface area contributed by atoms with Crippen LogP contribution in [0.4, 0.5) is 18.9 Å². The van der Waals surface area contributed by atoms with Gasteiger partial charge in [0.2, 0.25) is 5.91 Å². The zero-order chi connectivity index (χ0) is 24.2. The molecule has 2 aromatic carbocycles. The molecule has 0 aliphatic rings. The summed E-state index contributed by atoms with van der Waals surface area (Å²) in [4.78, 5) is 12.5. The SMILES string of the molecule is COc1cccc(OC(C)c2nnc(SC(C)C(=O)Nc3cccc(C(F)(F)F)c3)n2C)c1. The lowest BCUT2D eigenvalue weighted by Crippen LogP contribution is -2.23. The number of carbonyl (C=O) groups is 1. The molecule has 7 nitrogen and oxygen atoms in total. The molecule has 3 aromatic rings. The second-order valence-electron chi connectivity index (χ2n) is 7.17. The Morgan fingerprint density at radius 2 is 1.79 bits per heavy atom. The first-order valence-corrected chi connectivity index (χ1v) is 10.8. The van der Waals surface area contributed by atoms with Crippen molar-refractivity contribution >= 4 is 23.4 Å². The van der Waals surface area contributed by atoms with Gasteiger partial charge in [0.25, 0.3) is 0 Å². The molecule has 1 N–H and O–H groups in total. The van der Waals surface area contributed by atoms with Crippen molar-refractivity contribution in [1.82, 2.24) is 14.8 Å². The van der Waals surface area contributed by atoms with E-state index in [9.17, 15) is 18.0 Å². The van der Waals surface area contributed by atoms with Gasteiger partial charge in [-0.3, -0.25) is 4.79 Å². The number of amides is 1. The van der Waals surface area contributed by atoms with Gasteiger partial charge in [-0.05, 0) is 44.2 Å². The second-order valence-corrected chi connectivity index (χ2v) is 8.47. The predicted octanol–water partition coefficient (Wildman–Crippen LogP) is 5.10. The standard InChI is InChI=1S/C22H23F3N4O3S/c1-13(32-18-10-6-9-17(12-18)31-4)19-27-28-21(29(19)3)33-14(2)20(30)26-16-8-5-7-15(11-16)22(23,24)25/h5-14H,1-4H3,(H,26,30). The average Bonchev–Trinajstić information content (AvgIpc) is 3.13. The van der Waals surface area contributed by atoms with Crippen LogP contribution in [0, 0.1) is 0 Å². The summed E-state index contributed by atoms with van der Waals surface area (Å²) in [6, 6.07) is 11.7. The zero-order valence-electron chi connectivity index (χ0n) is 18.4. The lowest BCUT2D eigenvalue weighted by molar-refractivity contribution is -0.137. The Morgan fingerprint density at radius 1 is 1.09 bits per heavy atom. The molecule has 3 rings (SSSR count). The molecule has 0 radical (unpaired) electrons. The molecule has 0 saturated heterocycles. The van der Waals surface area contributed by atoms with Crippen molar-refractivity contribution in [3.63, 3.8) is 0 Å². The Balaban J connectivity index is 1.64. The number of methoxy groups -OCH3 is 1. The lowest BCUT2D eigenvalue weighted by atomic mass is 10.2. The van der Waals surface area contributed by atoms with E-state index in [0.29, 0.717) is 22.5 Å². The molecule has 1 heterocycles. The Hall–Kier alpha value is -3.21. The molecular formula is C22H23F3N4O3S. The van der Waals surface area contributed by atoms with Crippen molar-refractivity contribution in [3.05, 3.63) is 59.9 Å². The molecule has 2 unspecified atom stereocenters. The van der Waals surface area contributed by atoms with Crippen LogP contribution in [0.5, 0.6) is 11.5 Å². The van der Waals surface area contributed by atoms with Gasteiger partial charge >= 0.3 is 6.18 Å². The molecule has 1 amide bonds. The summed E-state index contributed by atoms with van der Waals surface area (Å²) < 4.78 is 51.5. The fourth-order valence-corrected chi connectivity index (χ4v) is 3.76. The molecule has 1 aromatic heterocycles. The van der Waals surface area contributed by atoms with Crippen LogP contribution in [0.15, 0.2) is 53.7 Å². The third kappa shape index (κ3) is 6.19. The summed E-state index contributed by atoms with van der Waals surface area (Å²) in [6.45, 7) is 3.46. The van der Waals surface area contributed by atoms with Gasteiger partial charge in [-0.15, -0.1) is 10.2 Å². The van der Waals surface area contributed by atoms with E-state index in [1.165, 1.54) is 12.1 Å². The molecule has 0 aliphatic heterocycles. The normalized spacial score (nSPS) is 13.3. The first-order chi connectivity index (χ1) is 15.6. The van der Waals surface area contributed by atoms with Crippen LogP contribution in [0.3, 0.4) is 0 Å². The minimum atomic E-state index is -4.49. The Kier molecular flexibility index (Phi) is 7.52. The largest absolute Gasteiger partial charge is 0.497 e. The number of benzene rings is 2. The van der Waals surface area contributed by atoms with E-state index in [1.54, 1.807) is 43.8 Å². The van der Waals surface area contributed by atoms with Crippen LogP contribution in [0.1, 0.15) is 31.3 Å². The highest BCUT2D eigenvalue weighted by Crippen LogP contribution is 2.31. The number of aromatic nitrogens is 3. The minimum Gasteiger partial charge on any atom is -0.497 e. The third-order valence-electron chi connectivity index (χ3n) is 4.70. The molecular weight excluding hydrogens is 457 g/mol. The van der Waals surface area contributed by atoms with Gasteiger partial charge in [0.1, 0.15) is 11.5 Å². The molecule has 0 aliphatic carbocycles. The average molecular weight is 481 g/mol. The molecule has 33 heavy (non-hydrogen) atoms. The lowest BCUT2D eigenvalue weighted by Gasteiger charge is -2.16. The number of anilines is 1. The van der Waals surface area contributed by atoms with Gasteiger partial charge in [0.15, 0.2) is 17.1 Å². The van der Waals surface area contributed by atoms with Gasteiger partial charge in [-0.2, -0.15) is 13.2 Å². The van der Waals surface area contributed by atoms with Crippen molar-refractivity contribution in [2.24, 2.45) is 7.05 Å². The van der Waals surface area contributed by atoms with Gasteiger partial charge in [-0.1, -0.05) is 23.9 Å². The Morgan fingerprint density at radius 3 is 2.48 bits per heavy atom. The fourth-order valence-electron chi connectivity index (χ4n) is 2.94. The van der Waals surface area contributed by atoms with E-state index >= 15 is 0 Å². The fraction of sp³-hybridized carbons (Fsp3) is 0.318. The van der Waals surface area contributed by atoms with E-state index in [1.807, 2.05) is 13.0 Å². The van der Waals surface area contributed by atoms with Crippen LogP contribution in [0.2, 0.25) is 0 Å². The topological polar surface area (TPSA) is 78.3 Å². The number of halogens is 3. The number of alkyl halides is 3. The van der Waals surface area contributed by atoms with E-state index < -0.39 is 29.0 Å². The highest BCUT2D eigenvalue weighted by molar-refractivity contribution is 8.00. The van der Waals surface area contributed by atoms with Crippen LogP contribution < -0.4 is 14.8 Å². The quantitative estimate of drug-likeness (QED) is 0.452. The molecule has 0 saturated carbocycles. The molecule has 0 bridgehead atoms. The van der Waals surface area contributed by atoms with Crippen LogP contribution in [-0.4, -0.2) is 33.0 Å². The molecule has 11 heteroatoms. The van der Waals surface area contributed by atoms with Gasteiger partial charge in [0, 0.05) is 18.8 Å². The monoisotopic (exact) mass is 480 g/mol. The number of ether oxygens (including phenoxy) is 2. The maximum atomic E-state index is 12.9. The van der Waals surface area contributed by atoms with Gasteiger partial charge in [0.05, 0.1) is 17.9 Å². The van der Waals surface area contributed by atoms with Crippen molar-refractivity contribution in [2.45, 2.75) is 36.5 Å². The van der Waals surface area contributed by atoms with Crippen LogP contribution in [-0.2, 0) is 18.0 Å². The van der Waals surface area contributed by atoms with Crippen molar-refractivity contribution < 1.29 is 27.4 Å². The first-order valence-electron chi connectivity index (χ1n) is 9.93. The number of carbonyl (C=O) groups excluding carboxylic acids is 1. The van der Waals surface area contributed by atoms with Crippen molar-refractivity contribution in [1.29, 1.82) is 0 Å². The summed E-state index contributed by atoms with van der Waals surface area (Å²) in [5.41, 5.74) is -0.759. The van der Waals surface area contributed by atoms with E-state index in [2.05, 4.69) is 15.5 Å². The Labute approximate surface area is 193 Å². The maximum absolute atomic E-state index is 12.9. The minimum absolute atomic E-state index is 0.0706. The summed E-state index contributed by atoms with van der Waals surface area (Å²) in [6.07, 6.45) is -4.92. The Bertz CT molecular complexity index is 1120. The molecule has 0 spiro atoms. The smallest absolute Gasteiger partial charge is 0.416 e. The number of hydrogen-bond acceptors (Lipinski definition) is 6. The number of thioether (sulfide) groups is 1. The van der Waals surface area contributed by atoms with E-state index in [4.69, 9.17) is 9.47 Å². The number of nitrogens with one attached hydrogen (secondary N) is 1.